The third-order valence-corrected chi connectivity index (χ3v) is 2.86. The van der Waals surface area contributed by atoms with Crippen molar-refractivity contribution >= 4 is 21.7 Å². The third kappa shape index (κ3) is 2.17. The van der Waals surface area contributed by atoms with Crippen LogP contribution in [0.25, 0.3) is 0 Å². The topological polar surface area (TPSA) is 43.1 Å². The van der Waals surface area contributed by atoms with Crippen molar-refractivity contribution in [3.8, 4) is 0 Å². The lowest BCUT2D eigenvalue weighted by Gasteiger charge is -2.05. The van der Waals surface area contributed by atoms with Gasteiger partial charge in [0.1, 0.15) is 0 Å². The van der Waals surface area contributed by atoms with Crippen LogP contribution in [-0.2, 0) is 6.54 Å². The number of benzene rings is 1. The van der Waals surface area contributed by atoms with Gasteiger partial charge >= 0.3 is 0 Å². The Bertz CT molecular complexity index is 323. The molecule has 0 atom stereocenters. The zero-order valence-electron chi connectivity index (χ0n) is 7.51. The number of halogens is 1. The van der Waals surface area contributed by atoms with Gasteiger partial charge in [0.25, 0.3) is 0 Å². The minimum Gasteiger partial charge on any atom is -0.326 e. The van der Waals surface area contributed by atoms with Crippen molar-refractivity contribution in [1.82, 2.24) is 0 Å². The average Bonchev–Trinajstić information content (AvgIpc) is 2.17. The highest BCUT2D eigenvalue weighted by molar-refractivity contribution is 9.10. The minimum absolute atomic E-state index is 0.141. The lowest BCUT2D eigenvalue weighted by molar-refractivity contribution is 0.0987. The van der Waals surface area contributed by atoms with Crippen molar-refractivity contribution in [1.29, 1.82) is 0 Å². The third-order valence-electron chi connectivity index (χ3n) is 1.92. The Morgan fingerprint density at radius 3 is 2.77 bits per heavy atom. The van der Waals surface area contributed by atoms with E-state index >= 15 is 0 Å². The number of Topliss-reactive ketones (excluding diaryl/α,β-unsaturated/α-hetero) is 1. The van der Waals surface area contributed by atoms with Gasteiger partial charge in [0.05, 0.1) is 0 Å². The Morgan fingerprint density at radius 2 is 2.23 bits per heavy atom. The van der Waals surface area contributed by atoms with Crippen molar-refractivity contribution < 1.29 is 4.79 Å². The molecule has 1 aromatic carbocycles. The molecule has 70 valence electrons. The summed E-state index contributed by atoms with van der Waals surface area (Å²) in [5.41, 5.74) is 7.22. The monoisotopic (exact) mass is 241 g/mol. The van der Waals surface area contributed by atoms with E-state index in [2.05, 4.69) is 15.9 Å². The van der Waals surface area contributed by atoms with Crippen LogP contribution in [0.5, 0.6) is 0 Å². The quantitative estimate of drug-likeness (QED) is 0.827. The lowest BCUT2D eigenvalue weighted by Crippen LogP contribution is -2.03. The molecule has 2 nitrogen and oxygen atoms in total. The van der Waals surface area contributed by atoms with E-state index in [1.165, 1.54) is 0 Å². The first-order valence-corrected chi connectivity index (χ1v) is 5.00. The maximum absolute atomic E-state index is 11.4. The van der Waals surface area contributed by atoms with Crippen LogP contribution in [0.15, 0.2) is 22.7 Å². The summed E-state index contributed by atoms with van der Waals surface area (Å²) >= 11 is 3.38. The van der Waals surface area contributed by atoms with Crippen LogP contribution in [0.2, 0.25) is 0 Å². The molecule has 0 unspecified atom stereocenters. The second kappa shape index (κ2) is 4.53. The molecule has 0 aliphatic heterocycles. The molecule has 1 rings (SSSR count). The molecule has 0 saturated heterocycles. The molecule has 0 fully saturated rings. The number of hydrogen-bond donors (Lipinski definition) is 1. The molecule has 2 N–H and O–H groups in total. The van der Waals surface area contributed by atoms with Crippen molar-refractivity contribution in [3.05, 3.63) is 33.8 Å². The normalized spacial score (nSPS) is 10.1. The molecular formula is C10H12BrNO. The fourth-order valence-corrected chi connectivity index (χ4v) is 1.79. The number of rotatable bonds is 3. The number of carbonyl (C=O) groups excluding carboxylic acids is 1. The van der Waals surface area contributed by atoms with Crippen LogP contribution < -0.4 is 5.73 Å². The Hall–Kier alpha value is -0.670. The zero-order valence-corrected chi connectivity index (χ0v) is 9.10. The van der Waals surface area contributed by atoms with Gasteiger partial charge in [-0.2, -0.15) is 0 Å². The first-order valence-electron chi connectivity index (χ1n) is 4.21. The summed E-state index contributed by atoms with van der Waals surface area (Å²) in [4.78, 5) is 11.4. The van der Waals surface area contributed by atoms with Crippen LogP contribution in [0.3, 0.4) is 0 Å². The van der Waals surface area contributed by atoms with Crippen molar-refractivity contribution in [2.75, 3.05) is 0 Å². The fraction of sp³-hybridized carbons (Fsp3) is 0.300. The number of carbonyl (C=O) groups is 1. The van der Waals surface area contributed by atoms with E-state index in [-0.39, 0.29) is 5.78 Å². The van der Waals surface area contributed by atoms with Gasteiger partial charge in [-0.25, -0.2) is 0 Å². The Balaban J connectivity index is 3.15. The molecule has 0 amide bonds. The largest absolute Gasteiger partial charge is 0.326 e. The number of nitrogens with two attached hydrogens (primary N) is 1. The highest BCUT2D eigenvalue weighted by atomic mass is 79.9. The summed E-state index contributed by atoms with van der Waals surface area (Å²) < 4.78 is 0.837. The first-order chi connectivity index (χ1) is 6.20. The first kappa shape index (κ1) is 10.4. The molecule has 0 aliphatic carbocycles. The molecule has 0 radical (unpaired) electrons. The highest BCUT2D eigenvalue weighted by Gasteiger charge is 2.09. The van der Waals surface area contributed by atoms with E-state index in [9.17, 15) is 4.79 Å². The van der Waals surface area contributed by atoms with E-state index in [1.807, 2.05) is 25.1 Å². The zero-order chi connectivity index (χ0) is 9.84. The lowest BCUT2D eigenvalue weighted by atomic mass is 10.1. The second-order valence-corrected chi connectivity index (χ2v) is 3.55. The summed E-state index contributed by atoms with van der Waals surface area (Å²) in [6.07, 6.45) is 0.520. The van der Waals surface area contributed by atoms with E-state index in [0.29, 0.717) is 13.0 Å². The Labute approximate surface area is 86.3 Å². The van der Waals surface area contributed by atoms with Crippen LogP contribution in [0.1, 0.15) is 29.3 Å². The smallest absolute Gasteiger partial charge is 0.163 e. The molecule has 0 heterocycles. The Morgan fingerprint density at radius 1 is 1.54 bits per heavy atom. The van der Waals surface area contributed by atoms with Gasteiger partial charge in [-0.1, -0.05) is 25.1 Å². The van der Waals surface area contributed by atoms with Gasteiger partial charge in [0.2, 0.25) is 0 Å². The SMILES string of the molecule is CCC(=O)c1cccc(CN)c1Br. The van der Waals surface area contributed by atoms with Crippen molar-refractivity contribution in [2.24, 2.45) is 5.73 Å². The van der Waals surface area contributed by atoms with Gasteiger partial charge in [-0.3, -0.25) is 4.79 Å². The van der Waals surface area contributed by atoms with E-state index < -0.39 is 0 Å². The van der Waals surface area contributed by atoms with Gasteiger partial charge in [-0.05, 0) is 21.5 Å². The van der Waals surface area contributed by atoms with E-state index in [4.69, 9.17) is 5.73 Å². The standard InChI is InChI=1S/C10H12BrNO/c1-2-9(13)8-5-3-4-7(6-12)10(8)11/h3-5H,2,6,12H2,1H3. The maximum Gasteiger partial charge on any atom is 0.163 e. The maximum atomic E-state index is 11.4. The molecule has 0 aromatic heterocycles. The Kier molecular flexibility index (Phi) is 3.63. The van der Waals surface area contributed by atoms with Gasteiger partial charge in [-0.15, -0.1) is 0 Å². The van der Waals surface area contributed by atoms with Crippen molar-refractivity contribution in [2.45, 2.75) is 19.9 Å². The molecule has 0 aliphatic rings. The van der Waals surface area contributed by atoms with Crippen LogP contribution in [0, 0.1) is 0 Å². The van der Waals surface area contributed by atoms with E-state index in [1.54, 1.807) is 0 Å². The highest BCUT2D eigenvalue weighted by Crippen LogP contribution is 2.22. The van der Waals surface area contributed by atoms with Crippen LogP contribution in [-0.4, -0.2) is 5.78 Å². The molecule has 0 bridgehead atoms. The van der Waals surface area contributed by atoms with E-state index in [0.717, 1.165) is 15.6 Å². The van der Waals surface area contributed by atoms with Crippen LogP contribution >= 0.6 is 15.9 Å². The van der Waals surface area contributed by atoms with Crippen LogP contribution in [0.4, 0.5) is 0 Å². The molecule has 3 heteroatoms. The van der Waals surface area contributed by atoms with Gasteiger partial charge in [0.15, 0.2) is 5.78 Å². The molecule has 13 heavy (non-hydrogen) atoms. The number of hydrogen-bond acceptors (Lipinski definition) is 2. The second-order valence-electron chi connectivity index (χ2n) is 2.76. The summed E-state index contributed by atoms with van der Waals surface area (Å²) in [6.45, 7) is 2.30. The summed E-state index contributed by atoms with van der Waals surface area (Å²) in [5, 5.41) is 0. The average molecular weight is 242 g/mol. The predicted octanol–water partition coefficient (Wildman–Crippen LogP) is 2.50. The number of ketones is 1. The predicted molar refractivity (Wildman–Crippen MR) is 56.7 cm³/mol. The molecule has 0 saturated carbocycles. The molecule has 0 spiro atoms. The summed E-state index contributed by atoms with van der Waals surface area (Å²) in [6, 6.07) is 5.58. The fourth-order valence-electron chi connectivity index (χ4n) is 1.14. The van der Waals surface area contributed by atoms with Crippen molar-refractivity contribution in [3.63, 3.8) is 0 Å². The summed E-state index contributed by atoms with van der Waals surface area (Å²) in [5.74, 6) is 0.141. The molecule has 1 aromatic rings. The van der Waals surface area contributed by atoms with Gasteiger partial charge in [0, 0.05) is 23.0 Å². The summed E-state index contributed by atoms with van der Waals surface area (Å²) in [7, 11) is 0. The minimum atomic E-state index is 0.141. The van der Waals surface area contributed by atoms with Gasteiger partial charge < -0.3 is 5.73 Å². The molecular weight excluding hydrogens is 230 g/mol.